The zero-order valence-electron chi connectivity index (χ0n) is 48.1. The van der Waals surface area contributed by atoms with Crippen LogP contribution < -0.4 is 31.1 Å². The van der Waals surface area contributed by atoms with E-state index < -0.39 is 6.85 Å². The molecule has 0 atom stereocenters. The summed E-state index contributed by atoms with van der Waals surface area (Å²) < 4.78 is 28.1. The molecule has 0 N–H and O–H groups in total. The number of benzene rings is 8. The third kappa shape index (κ3) is 7.52. The summed E-state index contributed by atoms with van der Waals surface area (Å²) in [6, 6.07) is 60.1. The maximum Gasteiger partial charge on any atom is 0.252 e. The van der Waals surface area contributed by atoms with E-state index in [1.165, 1.54) is 44.3 Å². The van der Waals surface area contributed by atoms with E-state index >= 15 is 0 Å². The van der Waals surface area contributed by atoms with Crippen molar-refractivity contribution in [2.75, 3.05) is 14.7 Å². The molecule has 4 aliphatic rings. The van der Waals surface area contributed by atoms with E-state index in [2.05, 4.69) is 249 Å². The Balaban J connectivity index is 1.24. The molecular formula is C69H72BN3. The maximum absolute atomic E-state index is 9.36. The van der Waals surface area contributed by atoms with Gasteiger partial charge in [0, 0.05) is 55.2 Å². The summed E-state index contributed by atoms with van der Waals surface area (Å²) in [4.78, 5) is 7.28. The molecule has 0 spiro atoms. The van der Waals surface area contributed by atoms with Gasteiger partial charge in [-0.25, -0.2) is 0 Å². The highest BCUT2D eigenvalue weighted by Crippen LogP contribution is 2.55. The van der Waals surface area contributed by atoms with Gasteiger partial charge in [-0.3, -0.25) is 0 Å². The van der Waals surface area contributed by atoms with Crippen LogP contribution in [0.3, 0.4) is 0 Å². The number of rotatable bonds is 6. The third-order valence-corrected chi connectivity index (χ3v) is 17.4. The van der Waals surface area contributed by atoms with Crippen molar-refractivity contribution < 1.29 is 4.11 Å². The van der Waals surface area contributed by atoms with Crippen molar-refractivity contribution in [1.82, 2.24) is 0 Å². The summed E-state index contributed by atoms with van der Waals surface area (Å²) in [6.07, 6.45) is 3.22. The van der Waals surface area contributed by atoms with E-state index in [0.29, 0.717) is 5.56 Å². The summed E-state index contributed by atoms with van der Waals surface area (Å²) in [6.45, 7) is 25.7. The van der Waals surface area contributed by atoms with Crippen LogP contribution in [0.2, 0.25) is 0 Å². The number of nitrogens with zero attached hydrogens (tertiary/aromatic N) is 3. The Labute approximate surface area is 441 Å². The zero-order chi connectivity index (χ0) is 53.6. The maximum atomic E-state index is 9.36. The van der Waals surface area contributed by atoms with Gasteiger partial charge in [-0.05, 0) is 194 Å². The fourth-order valence-electron chi connectivity index (χ4n) is 13.7. The largest absolute Gasteiger partial charge is 0.311 e. The molecule has 4 heteroatoms. The van der Waals surface area contributed by atoms with Gasteiger partial charge in [0.2, 0.25) is 0 Å². The van der Waals surface area contributed by atoms with E-state index in [9.17, 15) is 4.11 Å². The molecule has 3 nitrogen and oxygen atoms in total. The number of hydrogen-bond donors (Lipinski definition) is 0. The summed E-state index contributed by atoms with van der Waals surface area (Å²) in [5, 5.41) is 0. The Kier molecular flexibility index (Phi) is 9.81. The molecule has 73 heavy (non-hydrogen) atoms. The fourth-order valence-corrected chi connectivity index (χ4v) is 13.7. The van der Waals surface area contributed by atoms with Crippen LogP contribution in [0, 0.1) is 13.8 Å². The van der Waals surface area contributed by atoms with Crippen molar-refractivity contribution in [3.8, 4) is 11.1 Å². The number of para-hydroxylation sites is 2. The average molecular weight is 957 g/mol. The van der Waals surface area contributed by atoms with Crippen molar-refractivity contribution >= 4 is 74.3 Å². The zero-order valence-corrected chi connectivity index (χ0v) is 45.1. The van der Waals surface area contributed by atoms with Crippen LogP contribution in [0.5, 0.6) is 0 Å². The minimum absolute atomic E-state index is 0.0146. The van der Waals surface area contributed by atoms with E-state index in [1.54, 1.807) is 0 Å². The van der Waals surface area contributed by atoms with Crippen LogP contribution in [-0.4, -0.2) is 6.71 Å². The first kappa shape index (κ1) is 43.8. The Bertz CT molecular complexity index is 3580. The lowest BCUT2D eigenvalue weighted by molar-refractivity contribution is 0.332. The number of fused-ring (bicyclic) bond motifs is 6. The topological polar surface area (TPSA) is 9.72 Å². The van der Waals surface area contributed by atoms with Crippen LogP contribution in [0.1, 0.15) is 138 Å². The quantitative estimate of drug-likeness (QED) is 0.154. The summed E-state index contributed by atoms with van der Waals surface area (Å²) in [5.41, 5.74) is 22.9. The van der Waals surface area contributed by atoms with Gasteiger partial charge in [-0.15, -0.1) is 0 Å². The van der Waals surface area contributed by atoms with Gasteiger partial charge >= 0.3 is 0 Å². The van der Waals surface area contributed by atoms with Gasteiger partial charge in [-0.2, -0.15) is 0 Å². The van der Waals surface area contributed by atoms with Crippen LogP contribution in [0.4, 0.5) is 51.2 Å². The molecule has 0 aromatic heterocycles. The highest BCUT2D eigenvalue weighted by Gasteiger charge is 2.48. The predicted octanol–water partition coefficient (Wildman–Crippen LogP) is 17.1. The molecule has 0 unspecified atom stereocenters. The number of anilines is 9. The lowest BCUT2D eigenvalue weighted by Crippen LogP contribution is -2.62. The van der Waals surface area contributed by atoms with Gasteiger partial charge in [-0.1, -0.05) is 167 Å². The molecule has 366 valence electrons. The van der Waals surface area contributed by atoms with E-state index in [1.807, 2.05) is 12.1 Å². The first-order chi connectivity index (χ1) is 35.8. The van der Waals surface area contributed by atoms with Crippen LogP contribution in [-0.2, 0) is 27.1 Å². The average Bonchev–Trinajstić information content (AvgIpc) is 3.60. The second kappa shape index (κ2) is 16.4. The van der Waals surface area contributed by atoms with Gasteiger partial charge in [0.05, 0.1) is 5.69 Å². The molecule has 0 saturated carbocycles. The number of hydrogen-bond acceptors (Lipinski definition) is 3. The molecule has 8 aromatic rings. The van der Waals surface area contributed by atoms with Gasteiger partial charge in [0.1, 0.15) is 0 Å². The second-order valence-corrected chi connectivity index (χ2v) is 25.5. The first-order valence-electron chi connectivity index (χ1n) is 28.2. The minimum Gasteiger partial charge on any atom is -0.311 e. The molecule has 2 aliphatic heterocycles. The van der Waals surface area contributed by atoms with Crippen LogP contribution in [0.25, 0.3) is 11.1 Å². The van der Waals surface area contributed by atoms with Crippen molar-refractivity contribution in [2.24, 2.45) is 0 Å². The summed E-state index contributed by atoms with van der Waals surface area (Å²) >= 11 is 0. The lowest BCUT2D eigenvalue weighted by Gasteiger charge is -2.48. The van der Waals surface area contributed by atoms with E-state index in [-0.39, 0.29) is 33.8 Å². The molecule has 0 amide bonds. The monoisotopic (exact) mass is 957 g/mol. The Hall–Kier alpha value is -6.78. The molecule has 2 heterocycles. The summed E-state index contributed by atoms with van der Waals surface area (Å²) in [5.74, 6) is 0. The lowest BCUT2D eigenvalue weighted by atomic mass is 9.33. The third-order valence-electron chi connectivity index (χ3n) is 17.4. The minimum atomic E-state index is -2.42. The van der Waals surface area contributed by atoms with Crippen LogP contribution >= 0.6 is 0 Å². The normalized spacial score (nSPS) is 18.1. The van der Waals surface area contributed by atoms with Gasteiger partial charge < -0.3 is 14.7 Å². The van der Waals surface area contributed by atoms with Crippen molar-refractivity contribution in [1.29, 1.82) is 0 Å². The molecule has 0 bridgehead atoms. The molecule has 12 rings (SSSR count). The standard InChI is InChI=1S/C69H72BN3/c1-44-35-62-64-63(36-44)73(59-41-55-52(37-45(59)2)68(10,11)43-69(55,12)13)61-42-54-53(66(6,7)33-34-67(54,8)9)40-57(61)70(64)56-31-30-50(71(48-25-19-15-20-26-48)49-27-21-16-22-28-49)39-60(56)72(62)58-32-29-47(65(3,4)5)38-51(58)46-23-17-14-18-24-46/h14-32,35-42H,33-34,43H2,1-13H3/i1D3. The van der Waals surface area contributed by atoms with Crippen LogP contribution in [0.15, 0.2) is 164 Å². The molecule has 0 saturated heterocycles. The number of aryl methyl sites for hydroxylation is 2. The SMILES string of the molecule is [2H]C([2H])([2H])c1cc2c3c(c1)N(c1ccc(C(C)(C)C)cc1-c1ccccc1)c1cc(N(c4ccccc4)c4ccccc4)ccc1B3c1cc3c(cc1N2c1cc2c(cc1C)C(C)(C)CC2(C)C)C(C)(C)CCC3(C)C. The highest BCUT2D eigenvalue weighted by atomic mass is 15.2. The first-order valence-corrected chi connectivity index (χ1v) is 26.7. The molecule has 0 fully saturated rings. The molecule has 0 radical (unpaired) electrons. The van der Waals surface area contributed by atoms with Gasteiger partial charge in [0.25, 0.3) is 6.71 Å². The molecular weight excluding hydrogens is 882 g/mol. The van der Waals surface area contributed by atoms with Crippen molar-refractivity contribution in [2.45, 2.75) is 136 Å². The Morgan fingerprint density at radius 1 is 0.479 bits per heavy atom. The smallest absolute Gasteiger partial charge is 0.252 e. The Morgan fingerprint density at radius 3 is 1.59 bits per heavy atom. The van der Waals surface area contributed by atoms with E-state index in [4.69, 9.17) is 0 Å². The highest BCUT2D eigenvalue weighted by molar-refractivity contribution is 7.00. The van der Waals surface area contributed by atoms with Crippen molar-refractivity contribution in [3.05, 3.63) is 203 Å². The van der Waals surface area contributed by atoms with Crippen molar-refractivity contribution in [3.63, 3.8) is 0 Å². The molecule has 2 aliphatic carbocycles. The fraction of sp³-hybridized carbons (Fsp3) is 0.304. The second-order valence-electron chi connectivity index (χ2n) is 25.5. The Morgan fingerprint density at radius 2 is 1.00 bits per heavy atom. The van der Waals surface area contributed by atoms with Gasteiger partial charge in [0.15, 0.2) is 0 Å². The predicted molar refractivity (Wildman–Crippen MR) is 315 cm³/mol. The molecule has 8 aromatic carbocycles. The summed E-state index contributed by atoms with van der Waals surface area (Å²) in [7, 11) is 0. The van der Waals surface area contributed by atoms with E-state index in [0.717, 1.165) is 87.0 Å².